The fourth-order valence-electron chi connectivity index (χ4n) is 1.14. The van der Waals surface area contributed by atoms with Crippen molar-refractivity contribution in [2.45, 2.75) is 19.4 Å². The second-order valence-electron chi connectivity index (χ2n) is 3.44. The van der Waals surface area contributed by atoms with E-state index < -0.39 is 0 Å². The summed E-state index contributed by atoms with van der Waals surface area (Å²) >= 11 is 1.46. The van der Waals surface area contributed by atoms with Gasteiger partial charge in [0.1, 0.15) is 0 Å². The first-order valence-electron chi connectivity index (χ1n) is 5.05. The number of nitrogens with one attached hydrogen (secondary N) is 1. The van der Waals surface area contributed by atoms with Crippen molar-refractivity contribution in [1.82, 2.24) is 10.3 Å². The molecule has 0 aromatic carbocycles. The van der Waals surface area contributed by atoms with Gasteiger partial charge in [-0.25, -0.2) is 4.98 Å². The molecule has 0 aliphatic carbocycles. The van der Waals surface area contributed by atoms with Crippen LogP contribution < -0.4 is 5.32 Å². The molecular weight excluding hydrogens is 240 g/mol. The standard InChI is InChI=1S/C11H14N2O3S/c1-8(5-11(15)16-2)13-10(14)4-3-9-6-17-7-12-9/h3-4,6-8H,5H2,1-2H3,(H,13,14). The lowest BCUT2D eigenvalue weighted by Gasteiger charge is -2.10. The fourth-order valence-corrected chi connectivity index (χ4v) is 1.66. The van der Waals surface area contributed by atoms with Gasteiger partial charge in [0.05, 0.1) is 24.7 Å². The average Bonchev–Trinajstić information content (AvgIpc) is 2.78. The van der Waals surface area contributed by atoms with Crippen LogP contribution >= 0.6 is 11.3 Å². The van der Waals surface area contributed by atoms with Gasteiger partial charge in [-0.05, 0) is 13.0 Å². The molecule has 0 saturated heterocycles. The molecule has 17 heavy (non-hydrogen) atoms. The number of ether oxygens (including phenoxy) is 1. The van der Waals surface area contributed by atoms with Gasteiger partial charge in [-0.3, -0.25) is 9.59 Å². The quantitative estimate of drug-likeness (QED) is 0.633. The lowest BCUT2D eigenvalue weighted by molar-refractivity contribution is -0.141. The molecule has 0 aliphatic heterocycles. The minimum atomic E-state index is -0.346. The summed E-state index contributed by atoms with van der Waals surface area (Å²) in [6.45, 7) is 1.74. The Bertz CT molecular complexity index is 401. The van der Waals surface area contributed by atoms with Crippen LogP contribution in [0, 0.1) is 0 Å². The number of carbonyl (C=O) groups excluding carboxylic acids is 2. The molecule has 1 N–H and O–H groups in total. The van der Waals surface area contributed by atoms with Crippen molar-refractivity contribution >= 4 is 29.3 Å². The maximum atomic E-state index is 11.4. The Hall–Kier alpha value is -1.69. The van der Waals surface area contributed by atoms with Gasteiger partial charge >= 0.3 is 5.97 Å². The van der Waals surface area contributed by atoms with Crippen LogP contribution in [0.2, 0.25) is 0 Å². The second kappa shape index (κ2) is 6.80. The Kier molecular flexibility index (Phi) is 5.35. The van der Waals surface area contributed by atoms with E-state index >= 15 is 0 Å². The van der Waals surface area contributed by atoms with Crippen molar-refractivity contribution < 1.29 is 14.3 Å². The van der Waals surface area contributed by atoms with Crippen molar-refractivity contribution in [2.75, 3.05) is 7.11 Å². The SMILES string of the molecule is COC(=O)CC(C)NC(=O)C=Cc1cscn1. The third-order valence-electron chi connectivity index (χ3n) is 1.95. The minimum Gasteiger partial charge on any atom is -0.469 e. The van der Waals surface area contributed by atoms with Gasteiger partial charge in [0.15, 0.2) is 0 Å². The van der Waals surface area contributed by atoms with E-state index in [1.807, 2.05) is 5.38 Å². The number of hydrogen-bond donors (Lipinski definition) is 1. The normalized spacial score (nSPS) is 12.4. The maximum Gasteiger partial charge on any atom is 0.307 e. The van der Waals surface area contributed by atoms with E-state index in [2.05, 4.69) is 15.0 Å². The van der Waals surface area contributed by atoms with Gasteiger partial charge in [0.2, 0.25) is 5.91 Å². The van der Waals surface area contributed by atoms with E-state index in [1.54, 1.807) is 18.5 Å². The maximum absolute atomic E-state index is 11.4. The Morgan fingerprint density at radius 2 is 2.41 bits per heavy atom. The summed E-state index contributed by atoms with van der Waals surface area (Å²) in [7, 11) is 1.32. The van der Waals surface area contributed by atoms with E-state index in [9.17, 15) is 9.59 Å². The lowest BCUT2D eigenvalue weighted by Crippen LogP contribution is -2.33. The fraction of sp³-hybridized carbons (Fsp3) is 0.364. The zero-order chi connectivity index (χ0) is 12.7. The summed E-state index contributed by atoms with van der Waals surface area (Å²) in [4.78, 5) is 26.4. The highest BCUT2D eigenvalue weighted by Gasteiger charge is 2.10. The van der Waals surface area contributed by atoms with Gasteiger partial charge in [0.25, 0.3) is 0 Å². The highest BCUT2D eigenvalue weighted by molar-refractivity contribution is 7.07. The number of carbonyl (C=O) groups is 2. The van der Waals surface area contributed by atoms with Crippen LogP contribution in [-0.4, -0.2) is 30.0 Å². The molecule has 1 aromatic heterocycles. The third kappa shape index (κ3) is 5.26. The number of amides is 1. The van der Waals surface area contributed by atoms with Crippen molar-refractivity contribution in [3.63, 3.8) is 0 Å². The molecule has 1 amide bonds. The third-order valence-corrected chi connectivity index (χ3v) is 2.55. The molecule has 1 unspecified atom stereocenters. The smallest absolute Gasteiger partial charge is 0.307 e. The largest absolute Gasteiger partial charge is 0.469 e. The van der Waals surface area contributed by atoms with Crippen LogP contribution in [0.15, 0.2) is 17.0 Å². The highest BCUT2D eigenvalue weighted by atomic mass is 32.1. The predicted octanol–water partition coefficient (Wildman–Crippen LogP) is 1.22. The van der Waals surface area contributed by atoms with E-state index in [-0.39, 0.29) is 24.3 Å². The summed E-state index contributed by atoms with van der Waals surface area (Å²) in [5.74, 6) is -0.601. The van der Waals surface area contributed by atoms with Crippen LogP contribution in [0.1, 0.15) is 19.0 Å². The first-order chi connectivity index (χ1) is 8.11. The molecule has 0 saturated carbocycles. The average molecular weight is 254 g/mol. The van der Waals surface area contributed by atoms with E-state index in [0.29, 0.717) is 0 Å². The van der Waals surface area contributed by atoms with Gasteiger partial charge < -0.3 is 10.1 Å². The number of methoxy groups -OCH3 is 1. The summed E-state index contributed by atoms with van der Waals surface area (Å²) in [6.07, 6.45) is 3.17. The molecule has 0 spiro atoms. The van der Waals surface area contributed by atoms with Crippen LogP contribution in [0.5, 0.6) is 0 Å². The summed E-state index contributed by atoms with van der Waals surface area (Å²) in [5, 5.41) is 4.49. The molecule has 0 bridgehead atoms. The number of esters is 1. The Morgan fingerprint density at radius 1 is 1.65 bits per heavy atom. The second-order valence-corrected chi connectivity index (χ2v) is 4.16. The summed E-state index contributed by atoms with van der Waals surface area (Å²) < 4.78 is 4.50. The van der Waals surface area contributed by atoms with E-state index in [4.69, 9.17) is 0 Å². The Morgan fingerprint density at radius 3 is 3.00 bits per heavy atom. The van der Waals surface area contributed by atoms with Crippen molar-refractivity contribution in [3.8, 4) is 0 Å². The highest BCUT2D eigenvalue weighted by Crippen LogP contribution is 2.02. The van der Waals surface area contributed by atoms with Crippen LogP contribution in [-0.2, 0) is 14.3 Å². The molecular formula is C11H14N2O3S. The number of thiazole rings is 1. The van der Waals surface area contributed by atoms with Crippen molar-refractivity contribution in [2.24, 2.45) is 0 Å². The lowest BCUT2D eigenvalue weighted by atomic mass is 10.2. The Labute approximate surface area is 104 Å². The first-order valence-corrected chi connectivity index (χ1v) is 5.99. The zero-order valence-electron chi connectivity index (χ0n) is 9.67. The van der Waals surface area contributed by atoms with Crippen LogP contribution in [0.4, 0.5) is 0 Å². The number of nitrogens with zero attached hydrogens (tertiary/aromatic N) is 1. The molecule has 1 rings (SSSR count). The molecule has 0 radical (unpaired) electrons. The summed E-state index contributed by atoms with van der Waals surface area (Å²) in [6, 6.07) is -0.255. The molecule has 6 heteroatoms. The molecule has 1 aromatic rings. The Balaban J connectivity index is 2.36. The zero-order valence-corrected chi connectivity index (χ0v) is 10.5. The molecule has 0 aliphatic rings. The van der Waals surface area contributed by atoms with Gasteiger partial charge in [0, 0.05) is 17.5 Å². The number of aromatic nitrogens is 1. The van der Waals surface area contributed by atoms with Crippen molar-refractivity contribution in [1.29, 1.82) is 0 Å². The molecule has 1 atom stereocenters. The minimum absolute atomic E-state index is 0.160. The molecule has 0 fully saturated rings. The number of hydrogen-bond acceptors (Lipinski definition) is 5. The first kappa shape index (κ1) is 13.4. The van der Waals surface area contributed by atoms with Gasteiger partial charge in [-0.1, -0.05) is 0 Å². The monoisotopic (exact) mass is 254 g/mol. The molecule has 1 heterocycles. The summed E-state index contributed by atoms with van der Waals surface area (Å²) in [5.41, 5.74) is 2.43. The predicted molar refractivity (Wildman–Crippen MR) is 65.4 cm³/mol. The van der Waals surface area contributed by atoms with Gasteiger partial charge in [-0.2, -0.15) is 0 Å². The molecule has 92 valence electrons. The van der Waals surface area contributed by atoms with E-state index in [0.717, 1.165) is 5.69 Å². The molecule has 5 nitrogen and oxygen atoms in total. The topological polar surface area (TPSA) is 68.3 Å². The van der Waals surface area contributed by atoms with Crippen LogP contribution in [0.3, 0.4) is 0 Å². The number of rotatable bonds is 5. The van der Waals surface area contributed by atoms with Crippen LogP contribution in [0.25, 0.3) is 6.08 Å². The van der Waals surface area contributed by atoms with E-state index in [1.165, 1.54) is 24.5 Å². The van der Waals surface area contributed by atoms with Gasteiger partial charge in [-0.15, -0.1) is 11.3 Å². The van der Waals surface area contributed by atoms with Crippen molar-refractivity contribution in [3.05, 3.63) is 22.7 Å².